The number of hydrogen-bond donors (Lipinski definition) is 1. The lowest BCUT2D eigenvalue weighted by molar-refractivity contribution is 0.0843. The van der Waals surface area contributed by atoms with Crippen LogP contribution in [0.15, 0.2) is 65.8 Å². The standard InChI is InChI=1S/C18H16Cl2N2OS/c19-14-7-6-13(16(20)11-14)10-17(18-21-8-9-22-18)23-12-24-15-4-2-1-3-5-15/h1-9,11,17H,10,12H2,(H,21,22). The topological polar surface area (TPSA) is 37.9 Å². The highest BCUT2D eigenvalue weighted by Gasteiger charge is 2.17. The Kier molecular flexibility index (Phi) is 6.21. The Morgan fingerprint density at radius 1 is 1.12 bits per heavy atom. The average molecular weight is 379 g/mol. The van der Waals surface area contributed by atoms with Gasteiger partial charge in [-0.2, -0.15) is 0 Å². The Labute approximate surface area is 155 Å². The van der Waals surface area contributed by atoms with Crippen molar-refractivity contribution in [1.82, 2.24) is 9.97 Å². The molecule has 1 unspecified atom stereocenters. The first kappa shape index (κ1) is 17.4. The normalized spacial score (nSPS) is 12.2. The average Bonchev–Trinajstić information content (AvgIpc) is 3.11. The third-order valence-electron chi connectivity index (χ3n) is 3.48. The first-order chi connectivity index (χ1) is 11.7. The first-order valence-electron chi connectivity index (χ1n) is 7.45. The summed E-state index contributed by atoms with van der Waals surface area (Å²) in [5, 5.41) is 1.26. The van der Waals surface area contributed by atoms with Crippen LogP contribution < -0.4 is 0 Å². The molecule has 1 heterocycles. The fourth-order valence-corrected chi connectivity index (χ4v) is 3.48. The van der Waals surface area contributed by atoms with Crippen LogP contribution in [0.25, 0.3) is 0 Å². The number of hydrogen-bond acceptors (Lipinski definition) is 3. The highest BCUT2D eigenvalue weighted by Crippen LogP contribution is 2.28. The number of nitrogens with one attached hydrogen (secondary N) is 1. The molecule has 0 saturated heterocycles. The molecular formula is C18H16Cl2N2OS. The second-order valence-corrected chi connectivity index (χ2v) is 6.98. The van der Waals surface area contributed by atoms with Crippen LogP contribution in [0.4, 0.5) is 0 Å². The monoisotopic (exact) mass is 378 g/mol. The number of aromatic nitrogens is 2. The Balaban J connectivity index is 1.67. The number of nitrogens with zero attached hydrogens (tertiary/aromatic N) is 1. The van der Waals surface area contributed by atoms with Gasteiger partial charge in [-0.25, -0.2) is 4.98 Å². The van der Waals surface area contributed by atoms with Crippen molar-refractivity contribution in [2.75, 3.05) is 5.94 Å². The number of imidazole rings is 1. The summed E-state index contributed by atoms with van der Waals surface area (Å²) in [6.45, 7) is 0. The summed E-state index contributed by atoms with van der Waals surface area (Å²) in [6.07, 6.45) is 3.94. The quantitative estimate of drug-likeness (QED) is 0.419. The third-order valence-corrected chi connectivity index (χ3v) is 4.93. The molecule has 0 spiro atoms. The maximum Gasteiger partial charge on any atom is 0.135 e. The van der Waals surface area contributed by atoms with Gasteiger partial charge >= 0.3 is 0 Å². The lowest BCUT2D eigenvalue weighted by Crippen LogP contribution is -2.10. The van der Waals surface area contributed by atoms with E-state index in [1.165, 1.54) is 4.90 Å². The predicted molar refractivity (Wildman–Crippen MR) is 99.7 cm³/mol. The van der Waals surface area contributed by atoms with Gasteiger partial charge in [0.2, 0.25) is 0 Å². The summed E-state index contributed by atoms with van der Waals surface area (Å²) in [7, 11) is 0. The highest BCUT2D eigenvalue weighted by molar-refractivity contribution is 7.99. The molecule has 2 aromatic carbocycles. The lowest BCUT2D eigenvalue weighted by atomic mass is 10.1. The van der Waals surface area contributed by atoms with Gasteiger partial charge in [-0.05, 0) is 29.8 Å². The van der Waals surface area contributed by atoms with Crippen molar-refractivity contribution in [1.29, 1.82) is 0 Å². The van der Waals surface area contributed by atoms with Crippen LogP contribution in [0.3, 0.4) is 0 Å². The fraction of sp³-hybridized carbons (Fsp3) is 0.167. The van der Waals surface area contributed by atoms with Crippen LogP contribution >= 0.6 is 35.0 Å². The molecule has 0 aliphatic rings. The van der Waals surface area contributed by atoms with Gasteiger partial charge in [0.25, 0.3) is 0 Å². The van der Waals surface area contributed by atoms with Gasteiger partial charge in [0.1, 0.15) is 11.9 Å². The van der Waals surface area contributed by atoms with Crippen molar-refractivity contribution in [3.63, 3.8) is 0 Å². The van der Waals surface area contributed by atoms with E-state index < -0.39 is 0 Å². The Morgan fingerprint density at radius 3 is 2.67 bits per heavy atom. The van der Waals surface area contributed by atoms with E-state index in [0.29, 0.717) is 22.4 Å². The van der Waals surface area contributed by atoms with Crippen LogP contribution in [0.2, 0.25) is 10.0 Å². The van der Waals surface area contributed by atoms with Gasteiger partial charge in [0, 0.05) is 33.8 Å². The van der Waals surface area contributed by atoms with Crippen LogP contribution in [-0.2, 0) is 11.2 Å². The largest absolute Gasteiger partial charge is 0.359 e. The molecule has 0 bridgehead atoms. The van der Waals surface area contributed by atoms with Gasteiger partial charge in [0.15, 0.2) is 0 Å². The summed E-state index contributed by atoms with van der Waals surface area (Å²) < 4.78 is 6.06. The molecule has 1 aromatic heterocycles. The smallest absolute Gasteiger partial charge is 0.135 e. The molecule has 6 heteroatoms. The molecule has 0 aliphatic carbocycles. The number of H-pyrrole nitrogens is 1. The number of aromatic amines is 1. The zero-order valence-corrected chi connectivity index (χ0v) is 15.1. The van der Waals surface area contributed by atoms with E-state index in [1.54, 1.807) is 30.2 Å². The molecule has 0 radical (unpaired) electrons. The molecule has 24 heavy (non-hydrogen) atoms. The van der Waals surface area contributed by atoms with Crippen LogP contribution in [0.5, 0.6) is 0 Å². The summed E-state index contributed by atoms with van der Waals surface area (Å²) in [4.78, 5) is 8.62. The van der Waals surface area contributed by atoms with Gasteiger partial charge in [-0.1, -0.05) is 59.2 Å². The summed E-state index contributed by atoms with van der Waals surface area (Å²) >= 11 is 13.9. The number of rotatable bonds is 7. The molecule has 3 nitrogen and oxygen atoms in total. The van der Waals surface area contributed by atoms with Crippen molar-refractivity contribution in [3.05, 3.63) is 82.4 Å². The van der Waals surface area contributed by atoms with Crippen molar-refractivity contribution in [3.8, 4) is 0 Å². The van der Waals surface area contributed by atoms with Crippen molar-refractivity contribution in [2.24, 2.45) is 0 Å². The SMILES string of the molecule is Clc1ccc(CC(OCSc2ccccc2)c2ncc[nH]2)c(Cl)c1. The summed E-state index contributed by atoms with van der Waals surface area (Å²) in [6, 6.07) is 15.7. The fourth-order valence-electron chi connectivity index (χ4n) is 2.28. The van der Waals surface area contributed by atoms with E-state index in [0.717, 1.165) is 11.4 Å². The van der Waals surface area contributed by atoms with Gasteiger partial charge in [-0.3, -0.25) is 0 Å². The Hall–Kier alpha value is -1.46. The highest BCUT2D eigenvalue weighted by atomic mass is 35.5. The summed E-state index contributed by atoms with van der Waals surface area (Å²) in [5.41, 5.74) is 0.979. The zero-order valence-electron chi connectivity index (χ0n) is 12.8. The second kappa shape index (κ2) is 8.58. The summed E-state index contributed by atoms with van der Waals surface area (Å²) in [5.74, 6) is 1.32. The first-order valence-corrected chi connectivity index (χ1v) is 9.19. The van der Waals surface area contributed by atoms with Gasteiger partial charge < -0.3 is 9.72 Å². The van der Waals surface area contributed by atoms with Crippen LogP contribution in [0.1, 0.15) is 17.5 Å². The molecule has 1 atom stereocenters. The number of ether oxygens (including phenoxy) is 1. The Bertz CT molecular complexity index is 766. The minimum Gasteiger partial charge on any atom is -0.359 e. The van der Waals surface area contributed by atoms with Crippen LogP contribution in [0, 0.1) is 0 Å². The molecule has 0 amide bonds. The number of thioether (sulfide) groups is 1. The minimum absolute atomic E-state index is 0.199. The molecule has 3 aromatic rings. The van der Waals surface area contributed by atoms with E-state index in [-0.39, 0.29) is 6.10 Å². The van der Waals surface area contributed by atoms with Gasteiger partial charge in [-0.15, -0.1) is 0 Å². The minimum atomic E-state index is -0.199. The van der Waals surface area contributed by atoms with E-state index in [9.17, 15) is 0 Å². The molecule has 0 aliphatic heterocycles. The number of halogens is 2. The van der Waals surface area contributed by atoms with E-state index >= 15 is 0 Å². The second-order valence-electron chi connectivity index (χ2n) is 5.14. The van der Waals surface area contributed by atoms with E-state index in [4.69, 9.17) is 27.9 Å². The van der Waals surface area contributed by atoms with Gasteiger partial charge in [0.05, 0.1) is 5.94 Å². The lowest BCUT2D eigenvalue weighted by Gasteiger charge is -2.17. The van der Waals surface area contributed by atoms with Crippen LogP contribution in [-0.4, -0.2) is 15.9 Å². The molecule has 0 saturated carbocycles. The van der Waals surface area contributed by atoms with Crippen molar-refractivity contribution in [2.45, 2.75) is 17.4 Å². The molecule has 3 rings (SSSR count). The van der Waals surface area contributed by atoms with E-state index in [2.05, 4.69) is 22.1 Å². The Morgan fingerprint density at radius 2 is 1.96 bits per heavy atom. The molecular weight excluding hydrogens is 363 g/mol. The van der Waals surface area contributed by atoms with Crippen molar-refractivity contribution >= 4 is 35.0 Å². The third kappa shape index (κ3) is 4.77. The predicted octanol–water partition coefficient (Wildman–Crippen LogP) is 5.77. The maximum atomic E-state index is 6.29. The van der Waals surface area contributed by atoms with Crippen molar-refractivity contribution < 1.29 is 4.74 Å². The maximum absolute atomic E-state index is 6.29. The molecule has 1 N–H and O–H groups in total. The number of benzene rings is 2. The molecule has 0 fully saturated rings. The zero-order chi connectivity index (χ0) is 16.8. The van der Waals surface area contributed by atoms with E-state index in [1.807, 2.05) is 30.3 Å². The molecule has 124 valence electrons.